The van der Waals surface area contributed by atoms with E-state index in [0.717, 1.165) is 38.5 Å². The molecule has 4 nitrogen and oxygen atoms in total. The first-order valence-corrected chi connectivity index (χ1v) is 10.2. The van der Waals surface area contributed by atoms with Crippen molar-refractivity contribution in [3.8, 4) is 0 Å². The van der Waals surface area contributed by atoms with E-state index in [4.69, 9.17) is 4.74 Å². The van der Waals surface area contributed by atoms with E-state index in [2.05, 4.69) is 13.8 Å². The molecule has 4 aliphatic carbocycles. The van der Waals surface area contributed by atoms with Gasteiger partial charge in [0.2, 0.25) is 0 Å². The fraction of sp³-hybridized carbons (Fsp3) is 0.818. The van der Waals surface area contributed by atoms with Crippen LogP contribution in [0.2, 0.25) is 0 Å². The second-order valence-corrected chi connectivity index (χ2v) is 9.97. The van der Waals surface area contributed by atoms with E-state index in [0.29, 0.717) is 12.3 Å². The third-order valence-electron chi connectivity index (χ3n) is 8.80. The van der Waals surface area contributed by atoms with Crippen LogP contribution in [0, 0.1) is 28.6 Å². The molecule has 7 atom stereocenters. The van der Waals surface area contributed by atoms with Crippen molar-refractivity contribution in [3.05, 3.63) is 11.6 Å². The van der Waals surface area contributed by atoms with Gasteiger partial charge in [0.05, 0.1) is 5.60 Å². The number of carbonyl (C=O) groups excluding carboxylic acids is 2. The predicted molar refractivity (Wildman–Crippen MR) is 98.3 cm³/mol. The van der Waals surface area contributed by atoms with E-state index in [1.54, 1.807) is 0 Å². The van der Waals surface area contributed by atoms with Gasteiger partial charge in [-0.25, -0.2) is 0 Å². The van der Waals surface area contributed by atoms with Crippen LogP contribution in [-0.2, 0) is 14.3 Å². The summed E-state index contributed by atoms with van der Waals surface area (Å²) in [5, 5.41) is 11.0. The summed E-state index contributed by atoms with van der Waals surface area (Å²) >= 11 is 0. The minimum absolute atomic E-state index is 0.0327. The number of fused-ring (bicyclic) bond motifs is 5. The molecule has 0 unspecified atom stereocenters. The standard InChI is InChI=1S/C22H32O4/c1-13(23)26-15-5-8-20(2)14(11-15)12-18(24)19-16(20)6-9-21(3)17(19)7-10-22(21,4)25/h12,15-17,19,25H,5-11H2,1-4H3/t15-,16-,17-,19+,20-,21-,22-/m0/s1. The third kappa shape index (κ3) is 2.37. The fourth-order valence-electron chi connectivity index (χ4n) is 6.95. The summed E-state index contributed by atoms with van der Waals surface area (Å²) in [4.78, 5) is 24.5. The predicted octanol–water partition coefficient (Wildman–Crippen LogP) is 3.81. The number of aliphatic hydroxyl groups is 1. The second kappa shape index (κ2) is 5.67. The highest BCUT2D eigenvalue weighted by Gasteiger charge is 2.64. The van der Waals surface area contributed by atoms with Crippen molar-refractivity contribution in [2.75, 3.05) is 0 Å². The largest absolute Gasteiger partial charge is 0.462 e. The first-order valence-electron chi connectivity index (χ1n) is 10.2. The number of allylic oxidation sites excluding steroid dienone is 1. The number of carbonyl (C=O) groups is 2. The van der Waals surface area contributed by atoms with E-state index >= 15 is 0 Å². The SMILES string of the molecule is CC(=O)O[C@H]1CC[C@@]2(C)C(=CC(=O)[C@@H]3[C@@H]2CC[C@@]2(C)[C@H]3CC[C@]2(C)O)C1. The maximum absolute atomic E-state index is 13.2. The Bertz CT molecular complexity index is 678. The lowest BCUT2D eigenvalue weighted by Crippen LogP contribution is -2.56. The quantitative estimate of drug-likeness (QED) is 0.722. The molecule has 0 bridgehead atoms. The Hall–Kier alpha value is -1.16. The van der Waals surface area contributed by atoms with Crippen LogP contribution in [0.3, 0.4) is 0 Å². The monoisotopic (exact) mass is 360 g/mol. The lowest BCUT2D eigenvalue weighted by atomic mass is 9.47. The van der Waals surface area contributed by atoms with Crippen molar-refractivity contribution >= 4 is 11.8 Å². The number of rotatable bonds is 1. The molecule has 4 aliphatic rings. The number of hydrogen-bond acceptors (Lipinski definition) is 4. The highest BCUT2D eigenvalue weighted by molar-refractivity contribution is 5.94. The zero-order chi connectivity index (χ0) is 18.9. The number of ketones is 1. The van der Waals surface area contributed by atoms with E-state index in [-0.39, 0.29) is 40.5 Å². The molecule has 26 heavy (non-hydrogen) atoms. The Labute approximate surface area is 156 Å². The van der Waals surface area contributed by atoms with Crippen molar-refractivity contribution in [1.29, 1.82) is 0 Å². The first kappa shape index (κ1) is 18.2. The number of esters is 1. The van der Waals surface area contributed by atoms with Crippen molar-refractivity contribution in [2.45, 2.75) is 84.3 Å². The Morgan fingerprint density at radius 3 is 2.50 bits per heavy atom. The molecule has 0 spiro atoms. The van der Waals surface area contributed by atoms with Gasteiger partial charge in [-0.15, -0.1) is 0 Å². The molecule has 4 rings (SSSR count). The summed E-state index contributed by atoms with van der Waals surface area (Å²) in [7, 11) is 0. The van der Waals surface area contributed by atoms with Crippen LogP contribution < -0.4 is 0 Å². The first-order chi connectivity index (χ1) is 12.1. The lowest BCUT2D eigenvalue weighted by molar-refractivity contribution is -0.151. The maximum Gasteiger partial charge on any atom is 0.302 e. The molecule has 0 aromatic rings. The van der Waals surface area contributed by atoms with Gasteiger partial charge >= 0.3 is 5.97 Å². The van der Waals surface area contributed by atoms with Crippen LogP contribution in [-0.4, -0.2) is 28.6 Å². The summed E-state index contributed by atoms with van der Waals surface area (Å²) < 4.78 is 5.44. The van der Waals surface area contributed by atoms with E-state index in [1.165, 1.54) is 12.5 Å². The Balaban J connectivity index is 1.67. The van der Waals surface area contributed by atoms with Crippen LogP contribution in [0.1, 0.15) is 72.6 Å². The van der Waals surface area contributed by atoms with Gasteiger partial charge in [-0.2, -0.15) is 0 Å². The van der Waals surface area contributed by atoms with Crippen LogP contribution in [0.4, 0.5) is 0 Å². The van der Waals surface area contributed by atoms with Crippen LogP contribution in [0.5, 0.6) is 0 Å². The van der Waals surface area contributed by atoms with E-state index in [9.17, 15) is 14.7 Å². The molecule has 0 heterocycles. The van der Waals surface area contributed by atoms with Gasteiger partial charge in [-0.05, 0) is 74.2 Å². The van der Waals surface area contributed by atoms with Gasteiger partial charge in [0.15, 0.2) is 5.78 Å². The van der Waals surface area contributed by atoms with Crippen molar-refractivity contribution < 1.29 is 19.4 Å². The lowest BCUT2D eigenvalue weighted by Gasteiger charge is -2.57. The molecule has 3 fully saturated rings. The third-order valence-corrected chi connectivity index (χ3v) is 8.80. The van der Waals surface area contributed by atoms with Gasteiger partial charge in [-0.1, -0.05) is 19.4 Å². The van der Waals surface area contributed by atoms with Gasteiger partial charge in [0.25, 0.3) is 0 Å². The van der Waals surface area contributed by atoms with Crippen molar-refractivity contribution in [2.24, 2.45) is 28.6 Å². The summed E-state index contributed by atoms with van der Waals surface area (Å²) in [6.45, 7) is 7.95. The average molecular weight is 360 g/mol. The van der Waals surface area contributed by atoms with Crippen LogP contribution in [0.15, 0.2) is 11.6 Å². The smallest absolute Gasteiger partial charge is 0.302 e. The van der Waals surface area contributed by atoms with Gasteiger partial charge in [0.1, 0.15) is 6.10 Å². The summed E-state index contributed by atoms with van der Waals surface area (Å²) in [5.74, 6) is 0.701. The zero-order valence-corrected chi connectivity index (χ0v) is 16.5. The molecule has 0 aliphatic heterocycles. The summed E-state index contributed by atoms with van der Waals surface area (Å²) in [6.07, 6.45) is 8.10. The summed E-state index contributed by atoms with van der Waals surface area (Å²) in [6, 6.07) is 0. The highest BCUT2D eigenvalue weighted by atomic mass is 16.5. The highest BCUT2D eigenvalue weighted by Crippen LogP contribution is 2.66. The van der Waals surface area contributed by atoms with E-state index in [1.807, 2.05) is 13.0 Å². The molecular formula is C22H32O4. The minimum Gasteiger partial charge on any atom is -0.462 e. The number of ether oxygens (including phenoxy) is 1. The van der Waals surface area contributed by atoms with Gasteiger partial charge in [-0.3, -0.25) is 9.59 Å². The molecule has 0 aromatic heterocycles. The van der Waals surface area contributed by atoms with Crippen LogP contribution in [0.25, 0.3) is 0 Å². The maximum atomic E-state index is 13.2. The molecule has 1 N–H and O–H groups in total. The van der Waals surface area contributed by atoms with E-state index < -0.39 is 5.60 Å². The topological polar surface area (TPSA) is 63.6 Å². The van der Waals surface area contributed by atoms with Crippen molar-refractivity contribution in [1.82, 2.24) is 0 Å². The molecule has 144 valence electrons. The number of hydrogen-bond donors (Lipinski definition) is 1. The minimum atomic E-state index is -0.666. The van der Waals surface area contributed by atoms with Crippen LogP contribution >= 0.6 is 0 Å². The second-order valence-electron chi connectivity index (χ2n) is 9.97. The zero-order valence-electron chi connectivity index (χ0n) is 16.5. The molecule has 4 heteroatoms. The van der Waals surface area contributed by atoms with Gasteiger partial charge < -0.3 is 9.84 Å². The Morgan fingerprint density at radius 1 is 1.12 bits per heavy atom. The molecule has 0 aromatic carbocycles. The molecule has 0 amide bonds. The normalized spacial score (nSPS) is 50.3. The van der Waals surface area contributed by atoms with Gasteiger partial charge in [0, 0.05) is 19.3 Å². The molecule has 0 radical (unpaired) electrons. The molecule has 3 saturated carbocycles. The Morgan fingerprint density at radius 2 is 1.81 bits per heavy atom. The fourth-order valence-corrected chi connectivity index (χ4v) is 6.95. The van der Waals surface area contributed by atoms with Crippen molar-refractivity contribution in [3.63, 3.8) is 0 Å². The molecule has 0 saturated heterocycles. The molecular weight excluding hydrogens is 328 g/mol. The average Bonchev–Trinajstić information content (AvgIpc) is 2.79. The Kier molecular flexibility index (Phi) is 3.97. The summed E-state index contributed by atoms with van der Waals surface area (Å²) in [5.41, 5.74) is 0.404.